The molecule has 0 aliphatic carbocycles. The molecule has 1 aliphatic heterocycles. The van der Waals surface area contributed by atoms with E-state index in [2.05, 4.69) is 62.2 Å². The van der Waals surface area contributed by atoms with Crippen molar-refractivity contribution in [1.82, 2.24) is 15.1 Å². The molecule has 0 saturated carbocycles. The average Bonchev–Trinajstić information content (AvgIpc) is 2.74. The van der Waals surface area contributed by atoms with E-state index in [-0.39, 0.29) is 5.91 Å². The number of aromatic nitrogens is 2. The fourth-order valence-corrected chi connectivity index (χ4v) is 3.77. The van der Waals surface area contributed by atoms with Crippen molar-refractivity contribution in [2.45, 2.75) is 6.92 Å². The molecule has 1 aliphatic rings. The molecule has 0 spiro atoms. The zero-order chi connectivity index (χ0) is 19.5. The predicted molar refractivity (Wildman–Crippen MR) is 114 cm³/mol. The minimum Gasteiger partial charge on any atom is -0.352 e. The fourth-order valence-electron chi connectivity index (χ4n) is 3.32. The highest BCUT2D eigenvalue weighted by Crippen LogP contribution is 2.22. The monoisotopic (exact) mass is 436 g/mol. The standard InChI is InChI=1S/C22H21BrN4O/c1-16-6-8-17(9-7-16)20-10-11-21(25-24-20)26-12-14-27(15-13-26)22(28)18-4-2-3-5-19(18)23/h2-11H,12-15H2,1H3. The lowest BCUT2D eigenvalue weighted by atomic mass is 10.1. The van der Waals surface area contributed by atoms with Gasteiger partial charge in [0.15, 0.2) is 5.82 Å². The summed E-state index contributed by atoms with van der Waals surface area (Å²) in [6.07, 6.45) is 0. The van der Waals surface area contributed by atoms with E-state index >= 15 is 0 Å². The van der Waals surface area contributed by atoms with E-state index < -0.39 is 0 Å². The molecule has 0 atom stereocenters. The molecule has 0 bridgehead atoms. The maximum absolute atomic E-state index is 12.7. The molecule has 0 radical (unpaired) electrons. The van der Waals surface area contributed by atoms with Crippen LogP contribution in [0.15, 0.2) is 65.1 Å². The highest BCUT2D eigenvalue weighted by atomic mass is 79.9. The van der Waals surface area contributed by atoms with Gasteiger partial charge in [-0.15, -0.1) is 10.2 Å². The summed E-state index contributed by atoms with van der Waals surface area (Å²) in [5, 5.41) is 8.80. The summed E-state index contributed by atoms with van der Waals surface area (Å²) in [6, 6.07) is 19.8. The molecular weight excluding hydrogens is 416 g/mol. The van der Waals surface area contributed by atoms with E-state index in [4.69, 9.17) is 0 Å². The predicted octanol–water partition coefficient (Wildman–Crippen LogP) is 4.18. The largest absolute Gasteiger partial charge is 0.352 e. The second-order valence-electron chi connectivity index (χ2n) is 6.90. The molecule has 142 valence electrons. The van der Waals surface area contributed by atoms with Gasteiger partial charge in [0.25, 0.3) is 5.91 Å². The number of piperazine rings is 1. The Morgan fingerprint density at radius 3 is 2.25 bits per heavy atom. The van der Waals surface area contributed by atoms with Gasteiger partial charge in [-0.2, -0.15) is 0 Å². The van der Waals surface area contributed by atoms with Gasteiger partial charge in [-0.3, -0.25) is 4.79 Å². The van der Waals surface area contributed by atoms with Gasteiger partial charge in [-0.25, -0.2) is 0 Å². The molecular formula is C22H21BrN4O. The van der Waals surface area contributed by atoms with Crippen molar-refractivity contribution in [2.24, 2.45) is 0 Å². The Balaban J connectivity index is 1.40. The second kappa shape index (κ2) is 8.10. The quantitative estimate of drug-likeness (QED) is 0.617. The summed E-state index contributed by atoms with van der Waals surface area (Å²) < 4.78 is 0.833. The van der Waals surface area contributed by atoms with Gasteiger partial charge < -0.3 is 9.80 Å². The van der Waals surface area contributed by atoms with E-state index in [9.17, 15) is 4.79 Å². The minimum atomic E-state index is 0.0629. The molecule has 4 rings (SSSR count). The molecule has 5 nitrogen and oxygen atoms in total. The van der Waals surface area contributed by atoms with Crippen LogP contribution in [0, 0.1) is 6.92 Å². The van der Waals surface area contributed by atoms with Crippen molar-refractivity contribution in [1.29, 1.82) is 0 Å². The highest BCUT2D eigenvalue weighted by Gasteiger charge is 2.24. The first-order valence-electron chi connectivity index (χ1n) is 9.31. The lowest BCUT2D eigenvalue weighted by molar-refractivity contribution is 0.0745. The summed E-state index contributed by atoms with van der Waals surface area (Å²) in [4.78, 5) is 16.8. The topological polar surface area (TPSA) is 49.3 Å². The number of aryl methyl sites for hydroxylation is 1. The molecule has 6 heteroatoms. The van der Waals surface area contributed by atoms with E-state index in [1.807, 2.05) is 41.3 Å². The number of amides is 1. The molecule has 1 aromatic heterocycles. The summed E-state index contributed by atoms with van der Waals surface area (Å²) in [5.74, 6) is 0.914. The molecule has 1 fully saturated rings. The molecule has 1 amide bonds. The van der Waals surface area contributed by atoms with Crippen LogP contribution in [0.25, 0.3) is 11.3 Å². The number of nitrogens with zero attached hydrogens (tertiary/aromatic N) is 4. The normalized spacial score (nSPS) is 14.2. The van der Waals surface area contributed by atoms with E-state index in [1.165, 1.54) is 5.56 Å². The first kappa shape index (κ1) is 18.6. The Bertz CT molecular complexity index is 965. The highest BCUT2D eigenvalue weighted by molar-refractivity contribution is 9.10. The van der Waals surface area contributed by atoms with Gasteiger partial charge in [0.2, 0.25) is 0 Å². The number of rotatable bonds is 3. The number of hydrogen-bond acceptors (Lipinski definition) is 4. The minimum absolute atomic E-state index is 0.0629. The number of benzene rings is 2. The number of hydrogen-bond donors (Lipinski definition) is 0. The van der Waals surface area contributed by atoms with Crippen molar-refractivity contribution in [3.63, 3.8) is 0 Å². The molecule has 28 heavy (non-hydrogen) atoms. The average molecular weight is 437 g/mol. The van der Waals surface area contributed by atoms with Gasteiger partial charge in [0, 0.05) is 36.2 Å². The van der Waals surface area contributed by atoms with Gasteiger partial charge in [0.1, 0.15) is 0 Å². The fraction of sp³-hybridized carbons (Fsp3) is 0.227. The van der Waals surface area contributed by atoms with Gasteiger partial charge >= 0.3 is 0 Å². The molecule has 0 N–H and O–H groups in total. The van der Waals surface area contributed by atoms with Crippen LogP contribution in [0.4, 0.5) is 5.82 Å². The molecule has 0 unspecified atom stereocenters. The van der Waals surface area contributed by atoms with Crippen molar-refractivity contribution in [2.75, 3.05) is 31.1 Å². The van der Waals surface area contributed by atoms with Crippen LogP contribution in [0.2, 0.25) is 0 Å². The zero-order valence-corrected chi connectivity index (χ0v) is 17.3. The maximum atomic E-state index is 12.7. The van der Waals surface area contributed by atoms with Crippen LogP contribution in [0.5, 0.6) is 0 Å². The Labute approximate surface area is 173 Å². The third-order valence-electron chi connectivity index (χ3n) is 4.99. The van der Waals surface area contributed by atoms with Crippen LogP contribution in [0.3, 0.4) is 0 Å². The smallest absolute Gasteiger partial charge is 0.255 e. The molecule has 3 aromatic rings. The summed E-state index contributed by atoms with van der Waals surface area (Å²) in [7, 11) is 0. The lowest BCUT2D eigenvalue weighted by Gasteiger charge is -2.35. The van der Waals surface area contributed by atoms with E-state index in [1.54, 1.807) is 0 Å². The van der Waals surface area contributed by atoms with Crippen LogP contribution in [0.1, 0.15) is 15.9 Å². The van der Waals surface area contributed by atoms with Crippen LogP contribution in [-0.2, 0) is 0 Å². The zero-order valence-electron chi connectivity index (χ0n) is 15.7. The third-order valence-corrected chi connectivity index (χ3v) is 5.68. The van der Waals surface area contributed by atoms with Crippen molar-refractivity contribution < 1.29 is 4.79 Å². The molecule has 2 aromatic carbocycles. The Morgan fingerprint density at radius 2 is 1.61 bits per heavy atom. The van der Waals surface area contributed by atoms with E-state index in [0.29, 0.717) is 18.7 Å². The lowest BCUT2D eigenvalue weighted by Crippen LogP contribution is -2.49. The number of carbonyl (C=O) groups is 1. The number of halogens is 1. The second-order valence-corrected chi connectivity index (χ2v) is 7.76. The summed E-state index contributed by atoms with van der Waals surface area (Å²) in [5.41, 5.74) is 3.86. The molecule has 1 saturated heterocycles. The van der Waals surface area contributed by atoms with Crippen LogP contribution >= 0.6 is 15.9 Å². The van der Waals surface area contributed by atoms with E-state index in [0.717, 1.165) is 34.6 Å². The van der Waals surface area contributed by atoms with Gasteiger partial charge in [-0.1, -0.05) is 42.0 Å². The first-order valence-corrected chi connectivity index (χ1v) is 10.1. The van der Waals surface area contributed by atoms with Crippen molar-refractivity contribution >= 4 is 27.7 Å². The van der Waals surface area contributed by atoms with Gasteiger partial charge in [0.05, 0.1) is 11.3 Å². The Hall–Kier alpha value is -2.73. The van der Waals surface area contributed by atoms with Crippen molar-refractivity contribution in [3.8, 4) is 11.3 Å². The molecule has 2 heterocycles. The van der Waals surface area contributed by atoms with Crippen LogP contribution in [-0.4, -0.2) is 47.2 Å². The first-order chi connectivity index (χ1) is 13.6. The SMILES string of the molecule is Cc1ccc(-c2ccc(N3CCN(C(=O)c4ccccc4Br)CC3)nn2)cc1. The summed E-state index contributed by atoms with van der Waals surface area (Å²) in [6.45, 7) is 4.89. The van der Waals surface area contributed by atoms with Crippen LogP contribution < -0.4 is 4.90 Å². The Morgan fingerprint density at radius 1 is 0.893 bits per heavy atom. The maximum Gasteiger partial charge on any atom is 0.255 e. The Kier molecular flexibility index (Phi) is 5.39. The summed E-state index contributed by atoms with van der Waals surface area (Å²) >= 11 is 3.47. The third kappa shape index (κ3) is 3.92. The number of anilines is 1. The van der Waals surface area contributed by atoms with Crippen molar-refractivity contribution in [3.05, 3.63) is 76.3 Å². The number of carbonyl (C=O) groups excluding carboxylic acids is 1. The van der Waals surface area contributed by atoms with Gasteiger partial charge in [-0.05, 0) is 47.1 Å².